The first-order valence-corrected chi connectivity index (χ1v) is 7.94. The summed E-state index contributed by atoms with van der Waals surface area (Å²) in [5, 5.41) is 10.6. The van der Waals surface area contributed by atoms with Crippen LogP contribution >= 0.6 is 11.3 Å². The smallest absolute Gasteiger partial charge is 0.347 e. The van der Waals surface area contributed by atoms with Crippen LogP contribution in [0.25, 0.3) is 0 Å². The molecule has 0 unspecified atom stereocenters. The average molecular weight is 312 g/mol. The second-order valence-corrected chi connectivity index (χ2v) is 6.70. The predicted octanol–water partition coefficient (Wildman–Crippen LogP) is 2.26. The minimum atomic E-state index is -3.98. The molecule has 2 aromatic rings. The summed E-state index contributed by atoms with van der Waals surface area (Å²) >= 11 is 0.886. The van der Waals surface area contributed by atoms with Crippen molar-refractivity contribution in [1.29, 1.82) is 0 Å². The van der Waals surface area contributed by atoms with Crippen LogP contribution in [0.5, 0.6) is 0 Å². The van der Waals surface area contributed by atoms with Crippen LogP contribution in [0.2, 0.25) is 0 Å². The maximum absolute atomic E-state index is 12.3. The molecule has 0 bridgehead atoms. The number of carbonyl (C=O) groups is 1. The lowest BCUT2D eigenvalue weighted by Crippen LogP contribution is -2.17. The third kappa shape index (κ3) is 2.81. The first-order chi connectivity index (χ1) is 9.31. The van der Waals surface area contributed by atoms with Crippen LogP contribution in [0, 0.1) is 13.8 Å². The molecule has 0 aliphatic rings. The van der Waals surface area contributed by atoms with E-state index in [1.807, 2.05) is 0 Å². The van der Waals surface area contributed by atoms with Gasteiger partial charge in [0.2, 0.25) is 0 Å². The van der Waals surface area contributed by atoms with Crippen molar-refractivity contribution < 1.29 is 18.3 Å². The first kappa shape index (κ1) is 14.5. The van der Waals surface area contributed by atoms with Crippen LogP contribution in [-0.2, 0) is 10.0 Å². The number of aryl methyl sites for hydroxylation is 2. The van der Waals surface area contributed by atoms with E-state index in [4.69, 9.17) is 5.11 Å². The fraction of sp³-hybridized carbons (Fsp3) is 0.167. The Morgan fingerprint density at radius 3 is 2.70 bits per heavy atom. The van der Waals surface area contributed by atoms with Crippen molar-refractivity contribution in [3.63, 3.8) is 0 Å². The third-order valence-electron chi connectivity index (χ3n) is 2.54. The number of hydrogen-bond donors (Lipinski definition) is 2. The molecule has 0 aliphatic heterocycles. The highest BCUT2D eigenvalue weighted by Gasteiger charge is 2.27. The van der Waals surface area contributed by atoms with Crippen LogP contribution in [0.15, 0.2) is 28.6 Å². The van der Waals surface area contributed by atoms with E-state index in [-0.39, 0.29) is 15.6 Å². The normalized spacial score (nSPS) is 11.3. The molecule has 6 nitrogen and oxygen atoms in total. The number of nitrogens with one attached hydrogen (secondary N) is 1. The zero-order valence-electron chi connectivity index (χ0n) is 10.7. The number of sulfonamides is 1. The lowest BCUT2D eigenvalue weighted by Gasteiger charge is -2.08. The van der Waals surface area contributed by atoms with Crippen LogP contribution in [0.4, 0.5) is 5.82 Å². The lowest BCUT2D eigenvalue weighted by molar-refractivity contribution is 0.0698. The molecule has 0 fully saturated rings. The van der Waals surface area contributed by atoms with Gasteiger partial charge in [-0.15, -0.1) is 11.3 Å². The number of nitrogens with zero attached hydrogens (tertiary/aromatic N) is 1. The fourth-order valence-corrected chi connectivity index (χ4v) is 4.33. The Morgan fingerprint density at radius 2 is 2.10 bits per heavy atom. The molecule has 0 saturated carbocycles. The van der Waals surface area contributed by atoms with Gasteiger partial charge in [-0.05, 0) is 42.5 Å². The quantitative estimate of drug-likeness (QED) is 0.902. The Kier molecular flexibility index (Phi) is 3.78. The zero-order chi connectivity index (χ0) is 14.9. The Bertz CT molecular complexity index is 766. The second-order valence-electron chi connectivity index (χ2n) is 4.21. The molecule has 20 heavy (non-hydrogen) atoms. The summed E-state index contributed by atoms with van der Waals surface area (Å²) < 4.78 is 26.9. The fourth-order valence-electron chi connectivity index (χ4n) is 1.70. The van der Waals surface area contributed by atoms with Crippen molar-refractivity contribution in [3.8, 4) is 0 Å². The van der Waals surface area contributed by atoms with Crippen LogP contribution in [0.3, 0.4) is 0 Å². The van der Waals surface area contributed by atoms with E-state index in [0.29, 0.717) is 5.56 Å². The number of hydrogen-bond acceptors (Lipinski definition) is 5. The summed E-state index contributed by atoms with van der Waals surface area (Å²) in [6, 6.07) is 3.30. The molecule has 2 N–H and O–H groups in total. The molecule has 2 aromatic heterocycles. The Balaban J connectivity index is 2.46. The number of aromatic nitrogens is 1. The molecular weight excluding hydrogens is 300 g/mol. The summed E-state index contributed by atoms with van der Waals surface area (Å²) in [4.78, 5) is 14.6. The summed E-state index contributed by atoms with van der Waals surface area (Å²) in [5.74, 6) is -1.10. The standard InChI is InChI=1S/C12H12N2O4S2/c1-7-3-4-13-9(5-7)14-20(17,18)11-8(2)6-19-10(11)12(15)16/h3-6H,1-2H3,(H,13,14)(H,15,16). The van der Waals surface area contributed by atoms with E-state index >= 15 is 0 Å². The predicted molar refractivity (Wildman–Crippen MR) is 75.8 cm³/mol. The molecule has 106 valence electrons. The van der Waals surface area contributed by atoms with Crippen LogP contribution < -0.4 is 4.72 Å². The van der Waals surface area contributed by atoms with E-state index in [1.165, 1.54) is 11.6 Å². The monoisotopic (exact) mass is 312 g/mol. The minimum absolute atomic E-state index is 0.159. The van der Waals surface area contributed by atoms with Gasteiger partial charge in [0.25, 0.3) is 10.0 Å². The summed E-state index contributed by atoms with van der Waals surface area (Å²) in [6.45, 7) is 3.36. The van der Waals surface area contributed by atoms with Gasteiger partial charge in [-0.2, -0.15) is 0 Å². The molecule has 0 spiro atoms. The highest BCUT2D eigenvalue weighted by Crippen LogP contribution is 2.28. The minimum Gasteiger partial charge on any atom is -0.477 e. The largest absolute Gasteiger partial charge is 0.477 e. The Morgan fingerprint density at radius 1 is 1.40 bits per heavy atom. The van der Waals surface area contributed by atoms with Gasteiger partial charge in [0, 0.05) is 6.20 Å². The molecule has 0 aliphatic carbocycles. The number of carboxylic acids is 1. The zero-order valence-corrected chi connectivity index (χ0v) is 12.4. The van der Waals surface area contributed by atoms with Crippen molar-refractivity contribution in [3.05, 3.63) is 39.7 Å². The third-order valence-corrected chi connectivity index (χ3v) is 5.29. The highest BCUT2D eigenvalue weighted by molar-refractivity contribution is 7.93. The Hall–Kier alpha value is -1.93. The van der Waals surface area contributed by atoms with Crippen LogP contribution in [0.1, 0.15) is 20.8 Å². The van der Waals surface area contributed by atoms with Gasteiger partial charge in [-0.1, -0.05) is 0 Å². The molecule has 0 aromatic carbocycles. The highest BCUT2D eigenvalue weighted by atomic mass is 32.2. The van der Waals surface area contributed by atoms with E-state index < -0.39 is 16.0 Å². The van der Waals surface area contributed by atoms with Crippen molar-refractivity contribution in [2.45, 2.75) is 18.7 Å². The van der Waals surface area contributed by atoms with E-state index in [1.54, 1.807) is 26.0 Å². The molecular formula is C12H12N2O4S2. The number of aromatic carboxylic acids is 1. The van der Waals surface area contributed by atoms with E-state index in [9.17, 15) is 13.2 Å². The maximum atomic E-state index is 12.3. The van der Waals surface area contributed by atoms with Gasteiger partial charge in [-0.3, -0.25) is 4.72 Å². The Labute approximate surface area is 120 Å². The van der Waals surface area contributed by atoms with Crippen LogP contribution in [-0.4, -0.2) is 24.5 Å². The van der Waals surface area contributed by atoms with Crippen molar-refractivity contribution in [2.75, 3.05) is 4.72 Å². The number of thiophene rings is 1. The molecule has 0 amide bonds. The van der Waals surface area contributed by atoms with Gasteiger partial charge < -0.3 is 5.11 Å². The number of carboxylic acid groups (broad SMARTS) is 1. The molecule has 2 rings (SSSR count). The van der Waals surface area contributed by atoms with E-state index in [2.05, 4.69) is 9.71 Å². The summed E-state index contributed by atoms with van der Waals surface area (Å²) in [5.41, 5.74) is 1.24. The summed E-state index contributed by atoms with van der Waals surface area (Å²) in [6.07, 6.45) is 1.48. The molecule has 0 saturated heterocycles. The molecule has 0 atom stereocenters. The molecule has 0 radical (unpaired) electrons. The first-order valence-electron chi connectivity index (χ1n) is 5.58. The topological polar surface area (TPSA) is 96.4 Å². The number of rotatable bonds is 4. The molecule has 2 heterocycles. The van der Waals surface area contributed by atoms with Crippen molar-refractivity contribution in [2.24, 2.45) is 0 Å². The second kappa shape index (κ2) is 5.22. The van der Waals surface area contributed by atoms with Gasteiger partial charge in [0.15, 0.2) is 0 Å². The SMILES string of the molecule is Cc1ccnc(NS(=O)(=O)c2c(C)csc2C(=O)O)c1. The van der Waals surface area contributed by atoms with Crippen molar-refractivity contribution >= 4 is 33.1 Å². The lowest BCUT2D eigenvalue weighted by atomic mass is 10.3. The molecule has 8 heteroatoms. The maximum Gasteiger partial charge on any atom is 0.347 e. The average Bonchev–Trinajstić information content (AvgIpc) is 2.71. The van der Waals surface area contributed by atoms with Gasteiger partial charge in [0.05, 0.1) is 0 Å². The number of anilines is 1. The summed E-state index contributed by atoms with van der Waals surface area (Å²) in [7, 11) is -3.98. The van der Waals surface area contributed by atoms with Crippen molar-refractivity contribution in [1.82, 2.24) is 4.98 Å². The number of pyridine rings is 1. The van der Waals surface area contributed by atoms with Gasteiger partial charge >= 0.3 is 5.97 Å². The van der Waals surface area contributed by atoms with Gasteiger partial charge in [-0.25, -0.2) is 18.2 Å². The van der Waals surface area contributed by atoms with Gasteiger partial charge in [0.1, 0.15) is 15.6 Å². The van der Waals surface area contributed by atoms with E-state index in [0.717, 1.165) is 16.9 Å².